The van der Waals surface area contributed by atoms with Crippen LogP contribution in [0.5, 0.6) is 5.75 Å². The molecule has 2 aliphatic carbocycles. The molecule has 132 valence electrons. The summed E-state index contributed by atoms with van der Waals surface area (Å²) in [6.07, 6.45) is 15.3. The van der Waals surface area contributed by atoms with Crippen LogP contribution in [0.25, 0.3) is 0 Å². The molecule has 4 rings (SSSR count). The average molecular weight is 347 g/mol. The second kappa shape index (κ2) is 6.77. The molecule has 0 aliphatic heterocycles. The summed E-state index contributed by atoms with van der Waals surface area (Å²) in [5, 5.41) is 20.1. The highest BCUT2D eigenvalue weighted by Crippen LogP contribution is 2.42. The highest BCUT2D eigenvalue weighted by molar-refractivity contribution is 5.47. The molecule has 0 saturated heterocycles. The van der Waals surface area contributed by atoms with Crippen LogP contribution in [-0.4, -0.2) is 27.2 Å². The molecular formula is C21H21N3O2. The number of hydrogen-bond acceptors (Lipinski definition) is 4. The quantitative estimate of drug-likeness (QED) is 0.871. The van der Waals surface area contributed by atoms with Crippen LogP contribution in [0.2, 0.25) is 0 Å². The summed E-state index contributed by atoms with van der Waals surface area (Å²) >= 11 is 0. The van der Waals surface area contributed by atoms with E-state index in [1.165, 1.54) is 0 Å². The Kier molecular flexibility index (Phi) is 4.31. The number of ether oxygens (including phenoxy) is 1. The minimum absolute atomic E-state index is 0.566. The summed E-state index contributed by atoms with van der Waals surface area (Å²) < 4.78 is 6.95. The maximum absolute atomic E-state index is 11.6. The van der Waals surface area contributed by atoms with E-state index in [0.29, 0.717) is 12.2 Å². The minimum atomic E-state index is -1.20. The Morgan fingerprint density at radius 1 is 1.08 bits per heavy atom. The zero-order valence-electron chi connectivity index (χ0n) is 14.7. The van der Waals surface area contributed by atoms with E-state index < -0.39 is 5.60 Å². The van der Waals surface area contributed by atoms with Crippen molar-refractivity contribution < 1.29 is 9.84 Å². The number of benzene rings is 1. The van der Waals surface area contributed by atoms with Gasteiger partial charge in [-0.05, 0) is 41.7 Å². The van der Waals surface area contributed by atoms with Crippen LogP contribution in [0.15, 0.2) is 78.1 Å². The Morgan fingerprint density at radius 2 is 1.73 bits per heavy atom. The lowest BCUT2D eigenvalue weighted by Gasteiger charge is -2.29. The molecule has 1 N–H and O–H groups in total. The van der Waals surface area contributed by atoms with Gasteiger partial charge in [0, 0.05) is 0 Å². The Labute approximate surface area is 152 Å². The molecular weight excluding hydrogens is 326 g/mol. The van der Waals surface area contributed by atoms with Crippen molar-refractivity contribution in [3.8, 4) is 5.75 Å². The average Bonchev–Trinajstić information content (AvgIpc) is 3.44. The highest BCUT2D eigenvalue weighted by Gasteiger charge is 2.40. The molecule has 0 fully saturated rings. The first kappa shape index (κ1) is 16.5. The molecule has 5 heteroatoms. The van der Waals surface area contributed by atoms with Crippen molar-refractivity contribution in [1.82, 2.24) is 15.0 Å². The van der Waals surface area contributed by atoms with Gasteiger partial charge in [0.15, 0.2) is 5.60 Å². The molecule has 0 bridgehead atoms. The second-order valence-electron chi connectivity index (χ2n) is 6.51. The molecule has 1 heterocycles. The fourth-order valence-electron chi connectivity index (χ4n) is 3.43. The van der Waals surface area contributed by atoms with Crippen molar-refractivity contribution in [2.75, 3.05) is 7.11 Å². The Bertz CT molecular complexity index is 887. The number of methoxy groups -OCH3 is 1. The van der Waals surface area contributed by atoms with Gasteiger partial charge in [-0.3, -0.25) is 0 Å². The van der Waals surface area contributed by atoms with Gasteiger partial charge in [0.05, 0.1) is 19.9 Å². The maximum Gasteiger partial charge on any atom is 0.154 e. The minimum Gasteiger partial charge on any atom is -0.497 e. The van der Waals surface area contributed by atoms with Gasteiger partial charge in [-0.1, -0.05) is 53.8 Å². The first-order valence-electron chi connectivity index (χ1n) is 8.68. The lowest BCUT2D eigenvalue weighted by molar-refractivity contribution is 0.108. The normalized spacial score (nSPS) is 16.1. The molecule has 2 aromatic rings. The predicted molar refractivity (Wildman–Crippen MR) is 99.7 cm³/mol. The summed E-state index contributed by atoms with van der Waals surface area (Å²) in [6, 6.07) is 7.85. The Balaban J connectivity index is 1.61. The van der Waals surface area contributed by atoms with Gasteiger partial charge in [0.2, 0.25) is 0 Å². The van der Waals surface area contributed by atoms with E-state index in [9.17, 15) is 5.11 Å². The molecule has 1 aromatic heterocycles. The van der Waals surface area contributed by atoms with E-state index in [1.54, 1.807) is 11.8 Å². The molecule has 0 radical (unpaired) electrons. The van der Waals surface area contributed by atoms with Gasteiger partial charge in [0.25, 0.3) is 0 Å². The summed E-state index contributed by atoms with van der Waals surface area (Å²) in [5.41, 5.74) is 2.32. The molecule has 0 saturated carbocycles. The SMILES string of the molecule is COc1ccc(Cn2cc(C(O)(C3=CC=CC3)C3=CC=CC3)nn2)cc1. The molecule has 26 heavy (non-hydrogen) atoms. The fraction of sp³-hybridized carbons (Fsp3) is 0.238. The monoisotopic (exact) mass is 347 g/mol. The van der Waals surface area contributed by atoms with Gasteiger partial charge < -0.3 is 9.84 Å². The van der Waals surface area contributed by atoms with E-state index in [2.05, 4.69) is 10.3 Å². The van der Waals surface area contributed by atoms with Crippen LogP contribution in [-0.2, 0) is 12.1 Å². The molecule has 0 spiro atoms. The van der Waals surface area contributed by atoms with Crippen molar-refractivity contribution >= 4 is 0 Å². The van der Waals surface area contributed by atoms with Gasteiger partial charge >= 0.3 is 0 Å². The number of rotatable bonds is 6. The van der Waals surface area contributed by atoms with Gasteiger partial charge in [-0.25, -0.2) is 4.68 Å². The largest absolute Gasteiger partial charge is 0.497 e. The summed E-state index contributed by atoms with van der Waals surface area (Å²) in [4.78, 5) is 0. The lowest BCUT2D eigenvalue weighted by Crippen LogP contribution is -2.30. The third kappa shape index (κ3) is 2.91. The zero-order valence-corrected chi connectivity index (χ0v) is 14.7. The van der Waals surface area contributed by atoms with E-state index >= 15 is 0 Å². The maximum atomic E-state index is 11.6. The Hall–Kier alpha value is -2.92. The van der Waals surface area contributed by atoms with Crippen LogP contribution in [0.3, 0.4) is 0 Å². The van der Waals surface area contributed by atoms with E-state index in [-0.39, 0.29) is 0 Å². The predicted octanol–water partition coefficient (Wildman–Crippen LogP) is 3.30. The topological polar surface area (TPSA) is 60.2 Å². The standard InChI is InChI=1S/C21H21N3O2/c1-26-19-12-10-16(11-13-19)14-24-15-20(22-23-24)21(25,17-6-2-3-7-17)18-8-4-5-9-18/h2-6,8,10-13,15,25H,7,9,14H2,1H3. The molecule has 5 nitrogen and oxygen atoms in total. The van der Waals surface area contributed by atoms with Crippen molar-refractivity contribution in [3.05, 3.63) is 89.3 Å². The molecule has 0 unspecified atom stereocenters. The van der Waals surface area contributed by atoms with Crippen LogP contribution in [0, 0.1) is 0 Å². The zero-order chi connectivity index (χ0) is 18.0. The van der Waals surface area contributed by atoms with E-state index in [0.717, 1.165) is 35.3 Å². The van der Waals surface area contributed by atoms with Crippen LogP contribution in [0.4, 0.5) is 0 Å². The second-order valence-corrected chi connectivity index (χ2v) is 6.51. The summed E-state index contributed by atoms with van der Waals surface area (Å²) in [5.74, 6) is 0.823. The lowest BCUT2D eigenvalue weighted by atomic mass is 9.82. The van der Waals surface area contributed by atoms with Gasteiger partial charge in [-0.2, -0.15) is 0 Å². The smallest absolute Gasteiger partial charge is 0.154 e. The number of nitrogens with zero attached hydrogens (tertiary/aromatic N) is 3. The number of aliphatic hydroxyl groups is 1. The van der Waals surface area contributed by atoms with Crippen LogP contribution >= 0.6 is 0 Å². The number of aromatic nitrogens is 3. The number of allylic oxidation sites excluding steroid dienone is 6. The highest BCUT2D eigenvalue weighted by atomic mass is 16.5. The van der Waals surface area contributed by atoms with Crippen LogP contribution in [0.1, 0.15) is 24.1 Å². The summed E-state index contributed by atoms with van der Waals surface area (Å²) in [7, 11) is 1.65. The van der Waals surface area contributed by atoms with Crippen molar-refractivity contribution in [1.29, 1.82) is 0 Å². The molecule has 1 aromatic carbocycles. The van der Waals surface area contributed by atoms with E-state index in [1.807, 2.05) is 66.9 Å². The first-order valence-corrected chi connectivity index (χ1v) is 8.68. The molecule has 2 aliphatic rings. The molecule has 0 atom stereocenters. The van der Waals surface area contributed by atoms with E-state index in [4.69, 9.17) is 4.74 Å². The number of hydrogen-bond donors (Lipinski definition) is 1. The third-order valence-electron chi connectivity index (χ3n) is 4.88. The van der Waals surface area contributed by atoms with Crippen molar-refractivity contribution in [2.45, 2.75) is 25.0 Å². The Morgan fingerprint density at radius 3 is 2.27 bits per heavy atom. The van der Waals surface area contributed by atoms with Gasteiger partial charge in [0.1, 0.15) is 11.4 Å². The van der Waals surface area contributed by atoms with Crippen molar-refractivity contribution in [2.24, 2.45) is 0 Å². The first-order chi connectivity index (χ1) is 12.7. The third-order valence-corrected chi connectivity index (χ3v) is 4.88. The fourth-order valence-corrected chi connectivity index (χ4v) is 3.43. The molecule has 0 amide bonds. The summed E-state index contributed by atoms with van der Waals surface area (Å²) in [6.45, 7) is 0.585. The van der Waals surface area contributed by atoms with Gasteiger partial charge in [-0.15, -0.1) is 5.10 Å². The van der Waals surface area contributed by atoms with Crippen molar-refractivity contribution in [3.63, 3.8) is 0 Å². The van der Waals surface area contributed by atoms with Crippen LogP contribution < -0.4 is 4.74 Å².